The van der Waals surface area contributed by atoms with Gasteiger partial charge in [-0.1, -0.05) is 32.0 Å². The topological polar surface area (TPSA) is 91.8 Å². The molecule has 0 spiro atoms. The van der Waals surface area contributed by atoms with Crippen molar-refractivity contribution in [2.45, 2.75) is 33.7 Å². The number of likely N-dealkylation sites (N-methyl/N-ethyl adjacent to an activating group) is 1. The van der Waals surface area contributed by atoms with Crippen LogP contribution in [0.5, 0.6) is 0 Å². The SMILES string of the molecule is CCN(CC)CCN1C(=O)C(=O)C(=C(O)c2cnn(-c3ccccc3)c2C)[C@@H]1c1ccc(C)o1. The Morgan fingerprint density at radius 3 is 2.41 bits per heavy atom. The molecule has 34 heavy (non-hydrogen) atoms. The lowest BCUT2D eigenvalue weighted by atomic mass is 9.99. The molecule has 1 amide bonds. The Kier molecular flexibility index (Phi) is 6.70. The van der Waals surface area contributed by atoms with Crippen LogP contribution in [0.25, 0.3) is 11.4 Å². The van der Waals surface area contributed by atoms with E-state index in [0.717, 1.165) is 18.8 Å². The number of aryl methyl sites for hydroxylation is 1. The number of rotatable bonds is 8. The summed E-state index contributed by atoms with van der Waals surface area (Å²) in [6, 6.07) is 12.3. The number of carbonyl (C=O) groups is 2. The van der Waals surface area contributed by atoms with Gasteiger partial charge in [-0.25, -0.2) is 4.68 Å². The number of hydrogen-bond acceptors (Lipinski definition) is 6. The normalized spacial score (nSPS) is 17.8. The number of aliphatic hydroxyl groups excluding tert-OH is 1. The number of aromatic nitrogens is 2. The summed E-state index contributed by atoms with van der Waals surface area (Å²) >= 11 is 0. The van der Waals surface area contributed by atoms with Crippen molar-refractivity contribution < 1.29 is 19.1 Å². The Bertz CT molecular complexity index is 1220. The molecule has 3 heterocycles. The van der Waals surface area contributed by atoms with Gasteiger partial charge in [0.2, 0.25) is 0 Å². The summed E-state index contributed by atoms with van der Waals surface area (Å²) < 4.78 is 7.54. The van der Waals surface area contributed by atoms with E-state index < -0.39 is 17.7 Å². The molecular formula is C26H30N4O4. The third-order valence-electron chi connectivity index (χ3n) is 6.39. The predicted molar refractivity (Wildman–Crippen MR) is 129 cm³/mol. The summed E-state index contributed by atoms with van der Waals surface area (Å²) in [6.07, 6.45) is 1.52. The maximum atomic E-state index is 13.2. The third-order valence-corrected chi connectivity index (χ3v) is 6.39. The second kappa shape index (κ2) is 9.69. The molecule has 8 nitrogen and oxygen atoms in total. The molecular weight excluding hydrogens is 432 g/mol. The molecule has 1 atom stereocenters. The Balaban J connectivity index is 1.79. The minimum absolute atomic E-state index is 0.0228. The highest BCUT2D eigenvalue weighted by molar-refractivity contribution is 6.46. The smallest absolute Gasteiger partial charge is 0.295 e. The first kappa shape index (κ1) is 23.5. The molecule has 1 fully saturated rings. The van der Waals surface area contributed by atoms with Crippen molar-refractivity contribution in [2.24, 2.45) is 0 Å². The van der Waals surface area contributed by atoms with Gasteiger partial charge in [0.05, 0.1) is 28.7 Å². The minimum Gasteiger partial charge on any atom is -0.507 e. The summed E-state index contributed by atoms with van der Waals surface area (Å²) in [5.74, 6) is -0.491. The number of hydrogen-bond donors (Lipinski definition) is 1. The first-order valence-electron chi connectivity index (χ1n) is 11.5. The Labute approximate surface area is 199 Å². The molecule has 1 aliphatic rings. The van der Waals surface area contributed by atoms with Gasteiger partial charge in [0.25, 0.3) is 11.7 Å². The van der Waals surface area contributed by atoms with Gasteiger partial charge in [-0.15, -0.1) is 0 Å². The van der Waals surface area contributed by atoms with Crippen molar-refractivity contribution in [2.75, 3.05) is 26.2 Å². The van der Waals surface area contributed by atoms with Crippen molar-refractivity contribution in [3.05, 3.63) is 77.0 Å². The molecule has 0 bridgehead atoms. The van der Waals surface area contributed by atoms with Crippen molar-refractivity contribution in [1.82, 2.24) is 19.6 Å². The first-order chi connectivity index (χ1) is 16.4. The van der Waals surface area contributed by atoms with Crippen LogP contribution in [0.1, 0.15) is 42.7 Å². The minimum atomic E-state index is -0.802. The summed E-state index contributed by atoms with van der Waals surface area (Å²) in [4.78, 5) is 30.0. The van der Waals surface area contributed by atoms with Crippen LogP contribution in [-0.2, 0) is 9.59 Å². The van der Waals surface area contributed by atoms with Gasteiger partial charge in [0.15, 0.2) is 0 Å². The molecule has 8 heteroatoms. The van der Waals surface area contributed by atoms with Gasteiger partial charge in [-0.2, -0.15) is 5.10 Å². The van der Waals surface area contributed by atoms with E-state index in [1.54, 1.807) is 23.7 Å². The number of aliphatic hydroxyl groups is 1. The lowest BCUT2D eigenvalue weighted by molar-refractivity contribution is -0.140. The highest BCUT2D eigenvalue weighted by atomic mass is 16.3. The summed E-state index contributed by atoms with van der Waals surface area (Å²) in [7, 11) is 0. The standard InChI is InChI=1S/C26H30N4O4/c1-5-28(6-2)14-15-29-23(21-13-12-17(3)34-21)22(25(32)26(29)33)24(31)20-16-27-30(18(20)4)19-10-8-7-9-11-19/h7-13,16,23,31H,5-6,14-15H2,1-4H3/t23-/m0/s1. The third kappa shape index (κ3) is 4.17. The molecule has 0 radical (unpaired) electrons. The van der Waals surface area contributed by atoms with Gasteiger partial charge in [-0.3, -0.25) is 9.59 Å². The number of amides is 1. The zero-order valence-electron chi connectivity index (χ0n) is 20.0. The molecule has 0 saturated carbocycles. The summed E-state index contributed by atoms with van der Waals surface area (Å²) in [5.41, 5.74) is 1.91. The van der Waals surface area contributed by atoms with E-state index in [1.807, 2.05) is 37.3 Å². The highest BCUT2D eigenvalue weighted by Gasteiger charge is 2.47. The average Bonchev–Trinajstić information content (AvgIpc) is 3.51. The molecule has 3 aromatic rings. The molecule has 1 aliphatic heterocycles. The van der Waals surface area contributed by atoms with Crippen LogP contribution in [0.3, 0.4) is 0 Å². The second-order valence-electron chi connectivity index (χ2n) is 8.36. The van der Waals surface area contributed by atoms with Crippen LogP contribution in [0, 0.1) is 13.8 Å². The number of Topliss-reactive ketones (excluding diaryl/α,β-unsaturated/α-hetero) is 1. The zero-order valence-corrected chi connectivity index (χ0v) is 20.0. The predicted octanol–water partition coefficient (Wildman–Crippen LogP) is 3.85. The highest BCUT2D eigenvalue weighted by Crippen LogP contribution is 2.40. The van der Waals surface area contributed by atoms with Crippen LogP contribution in [0.15, 0.2) is 58.7 Å². The monoisotopic (exact) mass is 462 g/mol. The van der Waals surface area contributed by atoms with Gasteiger partial charge in [0.1, 0.15) is 23.3 Å². The van der Waals surface area contributed by atoms with Crippen molar-refractivity contribution >= 4 is 17.4 Å². The number of nitrogens with zero attached hydrogens (tertiary/aromatic N) is 4. The average molecular weight is 463 g/mol. The van der Waals surface area contributed by atoms with Crippen LogP contribution >= 0.6 is 0 Å². The summed E-state index contributed by atoms with van der Waals surface area (Å²) in [5, 5.41) is 15.8. The first-order valence-corrected chi connectivity index (χ1v) is 11.5. The Morgan fingerprint density at radius 2 is 1.79 bits per heavy atom. The lowest BCUT2D eigenvalue weighted by Crippen LogP contribution is -2.37. The maximum Gasteiger partial charge on any atom is 0.295 e. The van der Waals surface area contributed by atoms with Crippen molar-refractivity contribution in [3.63, 3.8) is 0 Å². The Morgan fingerprint density at radius 1 is 1.09 bits per heavy atom. The second-order valence-corrected chi connectivity index (χ2v) is 8.36. The van der Waals surface area contributed by atoms with Crippen molar-refractivity contribution in [1.29, 1.82) is 0 Å². The molecule has 1 N–H and O–H groups in total. The van der Waals surface area contributed by atoms with E-state index in [-0.39, 0.29) is 11.3 Å². The van der Waals surface area contributed by atoms with Crippen LogP contribution in [0.2, 0.25) is 0 Å². The molecule has 1 saturated heterocycles. The number of furan rings is 1. The van der Waals surface area contributed by atoms with E-state index in [2.05, 4.69) is 23.8 Å². The molecule has 1 aromatic carbocycles. The van der Waals surface area contributed by atoms with Gasteiger partial charge in [0, 0.05) is 13.1 Å². The van der Waals surface area contributed by atoms with Crippen LogP contribution in [0.4, 0.5) is 0 Å². The fourth-order valence-corrected chi connectivity index (χ4v) is 4.41. The van der Waals surface area contributed by atoms with Crippen molar-refractivity contribution in [3.8, 4) is 5.69 Å². The molecule has 2 aromatic heterocycles. The van der Waals surface area contributed by atoms with Gasteiger partial charge in [-0.05, 0) is 51.2 Å². The zero-order chi connectivity index (χ0) is 24.4. The number of ketones is 1. The van der Waals surface area contributed by atoms with Crippen LogP contribution < -0.4 is 0 Å². The lowest BCUT2D eigenvalue weighted by Gasteiger charge is -2.26. The van der Waals surface area contributed by atoms with E-state index in [0.29, 0.717) is 35.9 Å². The number of carbonyl (C=O) groups excluding carboxylic acids is 2. The largest absolute Gasteiger partial charge is 0.507 e. The Hall–Kier alpha value is -3.65. The molecule has 0 unspecified atom stereocenters. The number of para-hydroxylation sites is 1. The summed E-state index contributed by atoms with van der Waals surface area (Å²) in [6.45, 7) is 10.4. The van der Waals surface area contributed by atoms with Crippen LogP contribution in [-0.4, -0.2) is 62.6 Å². The number of benzene rings is 1. The molecule has 0 aliphatic carbocycles. The van der Waals surface area contributed by atoms with E-state index in [4.69, 9.17) is 4.42 Å². The molecule has 4 rings (SSSR count). The van der Waals surface area contributed by atoms with Gasteiger partial charge >= 0.3 is 0 Å². The van der Waals surface area contributed by atoms with E-state index in [9.17, 15) is 14.7 Å². The van der Waals surface area contributed by atoms with E-state index in [1.165, 1.54) is 11.1 Å². The maximum absolute atomic E-state index is 13.2. The quantitative estimate of drug-likeness (QED) is 0.311. The number of likely N-dealkylation sites (tertiary alicyclic amines) is 1. The van der Waals surface area contributed by atoms with E-state index >= 15 is 0 Å². The van der Waals surface area contributed by atoms with Gasteiger partial charge < -0.3 is 19.3 Å². The fraction of sp³-hybridized carbons (Fsp3) is 0.346. The molecule has 178 valence electrons. The fourth-order valence-electron chi connectivity index (χ4n) is 4.41.